The standard InChI is InChI=1S/C9H13NO2/c1-10-7(11)5-9(3-2-4-9)6-8(10)12/h2-6H2,1H3. The number of nitrogens with zero attached hydrogens (tertiary/aromatic N) is 1. The highest BCUT2D eigenvalue weighted by Crippen LogP contribution is 2.49. The average molecular weight is 167 g/mol. The maximum atomic E-state index is 11.3. The highest BCUT2D eigenvalue weighted by atomic mass is 16.2. The van der Waals surface area contributed by atoms with Crippen LogP contribution in [0.2, 0.25) is 0 Å². The predicted octanol–water partition coefficient (Wildman–Crippen LogP) is 0.935. The molecule has 0 unspecified atom stereocenters. The van der Waals surface area contributed by atoms with Crippen molar-refractivity contribution in [3.8, 4) is 0 Å². The molecule has 1 aliphatic carbocycles. The fraction of sp³-hybridized carbons (Fsp3) is 0.778. The van der Waals surface area contributed by atoms with Gasteiger partial charge in [0.2, 0.25) is 11.8 Å². The van der Waals surface area contributed by atoms with Gasteiger partial charge in [0, 0.05) is 19.9 Å². The highest BCUT2D eigenvalue weighted by molar-refractivity contribution is 5.98. The summed E-state index contributed by atoms with van der Waals surface area (Å²) in [6.45, 7) is 0. The van der Waals surface area contributed by atoms with E-state index in [2.05, 4.69) is 0 Å². The van der Waals surface area contributed by atoms with Gasteiger partial charge < -0.3 is 0 Å². The van der Waals surface area contributed by atoms with Crippen molar-refractivity contribution >= 4 is 11.8 Å². The molecular weight excluding hydrogens is 154 g/mol. The third-order valence-electron chi connectivity index (χ3n) is 3.21. The lowest BCUT2D eigenvalue weighted by Crippen LogP contribution is -2.48. The number of rotatable bonds is 0. The van der Waals surface area contributed by atoms with Crippen molar-refractivity contribution in [2.75, 3.05) is 7.05 Å². The molecule has 1 heterocycles. The Labute approximate surface area is 71.7 Å². The minimum Gasteiger partial charge on any atom is -0.286 e. The molecule has 0 aromatic heterocycles. The first-order valence-electron chi connectivity index (χ1n) is 4.42. The Hall–Kier alpha value is -0.860. The molecule has 3 nitrogen and oxygen atoms in total. The number of carbonyl (C=O) groups excluding carboxylic acids is 2. The Morgan fingerprint density at radius 2 is 1.67 bits per heavy atom. The fourth-order valence-corrected chi connectivity index (χ4v) is 2.11. The van der Waals surface area contributed by atoms with Gasteiger partial charge in [0.1, 0.15) is 0 Å². The molecule has 0 N–H and O–H groups in total. The van der Waals surface area contributed by atoms with Crippen LogP contribution in [0.3, 0.4) is 0 Å². The third-order valence-corrected chi connectivity index (χ3v) is 3.21. The summed E-state index contributed by atoms with van der Waals surface area (Å²) in [5, 5.41) is 0. The topological polar surface area (TPSA) is 37.4 Å². The lowest BCUT2D eigenvalue weighted by atomic mass is 9.63. The van der Waals surface area contributed by atoms with Gasteiger partial charge in [0.25, 0.3) is 0 Å². The Balaban J connectivity index is 2.15. The van der Waals surface area contributed by atoms with Crippen molar-refractivity contribution in [2.24, 2.45) is 5.41 Å². The molecule has 0 bridgehead atoms. The maximum Gasteiger partial charge on any atom is 0.229 e. The number of piperidine rings is 1. The van der Waals surface area contributed by atoms with E-state index in [0.717, 1.165) is 12.8 Å². The van der Waals surface area contributed by atoms with Crippen molar-refractivity contribution in [2.45, 2.75) is 32.1 Å². The first-order valence-corrected chi connectivity index (χ1v) is 4.42. The van der Waals surface area contributed by atoms with Crippen LogP contribution < -0.4 is 0 Å². The minimum atomic E-state index is 0.00551. The molecule has 0 radical (unpaired) electrons. The molecule has 1 saturated carbocycles. The largest absolute Gasteiger partial charge is 0.286 e. The van der Waals surface area contributed by atoms with E-state index in [-0.39, 0.29) is 17.2 Å². The van der Waals surface area contributed by atoms with Gasteiger partial charge in [-0.15, -0.1) is 0 Å². The van der Waals surface area contributed by atoms with E-state index < -0.39 is 0 Å². The molecule has 1 saturated heterocycles. The van der Waals surface area contributed by atoms with Crippen LogP contribution in [0.5, 0.6) is 0 Å². The van der Waals surface area contributed by atoms with E-state index in [0.29, 0.717) is 12.8 Å². The van der Waals surface area contributed by atoms with E-state index in [1.54, 1.807) is 7.05 Å². The van der Waals surface area contributed by atoms with E-state index in [1.165, 1.54) is 11.3 Å². The SMILES string of the molecule is CN1C(=O)CC2(CCC2)CC1=O. The van der Waals surface area contributed by atoms with Crippen LogP contribution >= 0.6 is 0 Å². The summed E-state index contributed by atoms with van der Waals surface area (Å²) >= 11 is 0. The van der Waals surface area contributed by atoms with Gasteiger partial charge in [-0.3, -0.25) is 14.5 Å². The molecule has 1 aliphatic heterocycles. The quantitative estimate of drug-likeness (QED) is 0.503. The van der Waals surface area contributed by atoms with Gasteiger partial charge >= 0.3 is 0 Å². The van der Waals surface area contributed by atoms with Gasteiger partial charge in [-0.1, -0.05) is 6.42 Å². The van der Waals surface area contributed by atoms with E-state index in [1.807, 2.05) is 0 Å². The van der Waals surface area contributed by atoms with Crippen LogP contribution in [-0.4, -0.2) is 23.8 Å². The van der Waals surface area contributed by atoms with Crippen molar-refractivity contribution in [1.82, 2.24) is 4.90 Å². The van der Waals surface area contributed by atoms with Crippen molar-refractivity contribution in [3.05, 3.63) is 0 Å². The number of hydrogen-bond donors (Lipinski definition) is 0. The number of carbonyl (C=O) groups is 2. The minimum absolute atomic E-state index is 0.00551. The number of hydrogen-bond acceptors (Lipinski definition) is 2. The van der Waals surface area contributed by atoms with Crippen molar-refractivity contribution < 1.29 is 9.59 Å². The van der Waals surface area contributed by atoms with E-state index in [9.17, 15) is 9.59 Å². The second-order valence-electron chi connectivity index (χ2n) is 4.05. The summed E-state index contributed by atoms with van der Waals surface area (Å²) in [4.78, 5) is 23.9. The first kappa shape index (κ1) is 7.77. The van der Waals surface area contributed by atoms with Gasteiger partial charge in [0.05, 0.1) is 0 Å². The monoisotopic (exact) mass is 167 g/mol. The summed E-state index contributed by atoms with van der Waals surface area (Å²) in [6.07, 6.45) is 4.51. The van der Waals surface area contributed by atoms with Crippen LogP contribution in [0.1, 0.15) is 32.1 Å². The molecular formula is C9H13NO2. The lowest BCUT2D eigenvalue weighted by Gasteiger charge is -2.45. The van der Waals surface area contributed by atoms with Crippen LogP contribution in [0, 0.1) is 5.41 Å². The number of imide groups is 1. The summed E-state index contributed by atoms with van der Waals surface area (Å²) in [7, 11) is 1.58. The maximum absolute atomic E-state index is 11.3. The Bertz CT molecular complexity index is 223. The van der Waals surface area contributed by atoms with Gasteiger partial charge in [0.15, 0.2) is 0 Å². The van der Waals surface area contributed by atoms with Crippen LogP contribution in [-0.2, 0) is 9.59 Å². The average Bonchev–Trinajstić information content (AvgIpc) is 1.96. The smallest absolute Gasteiger partial charge is 0.229 e. The third kappa shape index (κ3) is 0.958. The van der Waals surface area contributed by atoms with E-state index >= 15 is 0 Å². The lowest BCUT2D eigenvalue weighted by molar-refractivity contribution is -0.154. The molecule has 12 heavy (non-hydrogen) atoms. The molecule has 2 amide bonds. The molecule has 0 aromatic carbocycles. The fourth-order valence-electron chi connectivity index (χ4n) is 2.11. The molecule has 2 fully saturated rings. The van der Waals surface area contributed by atoms with Crippen molar-refractivity contribution in [1.29, 1.82) is 0 Å². The zero-order chi connectivity index (χ0) is 8.77. The van der Waals surface area contributed by atoms with E-state index in [4.69, 9.17) is 0 Å². The Kier molecular flexibility index (Phi) is 1.50. The zero-order valence-corrected chi connectivity index (χ0v) is 7.30. The highest BCUT2D eigenvalue weighted by Gasteiger charge is 2.45. The van der Waals surface area contributed by atoms with Crippen LogP contribution in [0.4, 0.5) is 0 Å². The van der Waals surface area contributed by atoms with Gasteiger partial charge in [-0.2, -0.15) is 0 Å². The summed E-state index contributed by atoms with van der Waals surface area (Å²) in [5.74, 6) is 0.0110. The number of likely N-dealkylation sites (tertiary alicyclic amines) is 1. The molecule has 0 aromatic rings. The van der Waals surface area contributed by atoms with Crippen molar-refractivity contribution in [3.63, 3.8) is 0 Å². The Morgan fingerprint density at radius 1 is 1.17 bits per heavy atom. The summed E-state index contributed by atoms with van der Waals surface area (Å²) in [5.41, 5.74) is 0.0840. The van der Waals surface area contributed by atoms with Gasteiger partial charge in [-0.25, -0.2) is 0 Å². The molecule has 2 rings (SSSR count). The number of amides is 2. The summed E-state index contributed by atoms with van der Waals surface area (Å²) < 4.78 is 0. The molecule has 66 valence electrons. The zero-order valence-electron chi connectivity index (χ0n) is 7.30. The first-order chi connectivity index (χ1) is 5.63. The molecule has 1 spiro atoms. The second kappa shape index (κ2) is 2.31. The normalized spacial score (nSPS) is 27.6. The van der Waals surface area contributed by atoms with Gasteiger partial charge in [-0.05, 0) is 18.3 Å². The second-order valence-corrected chi connectivity index (χ2v) is 4.05. The van der Waals surface area contributed by atoms with Crippen LogP contribution in [0.15, 0.2) is 0 Å². The molecule has 2 aliphatic rings. The molecule has 0 atom stereocenters. The summed E-state index contributed by atoms with van der Waals surface area (Å²) in [6, 6.07) is 0. The molecule has 3 heteroatoms. The van der Waals surface area contributed by atoms with Crippen LogP contribution in [0.25, 0.3) is 0 Å². The Morgan fingerprint density at radius 3 is 2.00 bits per heavy atom. The predicted molar refractivity (Wildman–Crippen MR) is 43.3 cm³/mol.